The Bertz CT molecular complexity index is 471. The van der Waals surface area contributed by atoms with Crippen LogP contribution in [0.15, 0.2) is 34.8 Å². The van der Waals surface area contributed by atoms with Crippen molar-refractivity contribution in [3.8, 4) is 0 Å². The van der Waals surface area contributed by atoms with Gasteiger partial charge in [-0.25, -0.2) is 13.8 Å². The summed E-state index contributed by atoms with van der Waals surface area (Å²) in [5, 5.41) is 0.844. The molecule has 0 atom stereocenters. The van der Waals surface area contributed by atoms with E-state index in [2.05, 4.69) is 20.9 Å². The highest BCUT2D eigenvalue weighted by atomic mass is 79.9. The fourth-order valence-corrected chi connectivity index (χ4v) is 1.83. The van der Waals surface area contributed by atoms with Crippen LogP contribution in [0.25, 0.3) is 10.9 Å². The van der Waals surface area contributed by atoms with Crippen LogP contribution in [-0.4, -0.2) is 4.98 Å². The number of benzene rings is 1. The second kappa shape index (κ2) is 3.61. The van der Waals surface area contributed by atoms with Gasteiger partial charge in [-0.05, 0) is 12.1 Å². The molecule has 0 aliphatic heterocycles. The van der Waals surface area contributed by atoms with Crippen LogP contribution in [0.4, 0.5) is 8.78 Å². The lowest BCUT2D eigenvalue weighted by atomic mass is 10.2. The first-order valence-corrected chi connectivity index (χ1v) is 4.81. The summed E-state index contributed by atoms with van der Waals surface area (Å²) in [6, 6.07) is 8.52. The third-order valence-electron chi connectivity index (χ3n) is 1.91. The number of pyridine rings is 1. The molecule has 0 amide bonds. The molecule has 14 heavy (non-hydrogen) atoms. The summed E-state index contributed by atoms with van der Waals surface area (Å²) in [7, 11) is 0. The highest BCUT2D eigenvalue weighted by Crippen LogP contribution is 2.27. The molecule has 0 radical (unpaired) electrons. The third kappa shape index (κ3) is 1.62. The summed E-state index contributed by atoms with van der Waals surface area (Å²) in [5.74, 6) is 0. The van der Waals surface area contributed by atoms with E-state index >= 15 is 0 Å². The van der Waals surface area contributed by atoms with Gasteiger partial charge in [0.05, 0.1) is 5.52 Å². The molecule has 0 saturated heterocycles. The van der Waals surface area contributed by atoms with Gasteiger partial charge in [-0.3, -0.25) is 0 Å². The van der Waals surface area contributed by atoms with Crippen molar-refractivity contribution in [3.05, 3.63) is 40.5 Å². The van der Waals surface area contributed by atoms with Gasteiger partial charge >= 0.3 is 0 Å². The van der Waals surface area contributed by atoms with Crippen LogP contribution < -0.4 is 0 Å². The van der Waals surface area contributed by atoms with E-state index in [-0.39, 0.29) is 5.69 Å². The van der Waals surface area contributed by atoms with Gasteiger partial charge in [-0.15, -0.1) is 0 Å². The van der Waals surface area contributed by atoms with E-state index in [0.29, 0.717) is 9.99 Å². The van der Waals surface area contributed by atoms with Crippen molar-refractivity contribution >= 4 is 26.8 Å². The monoisotopic (exact) mass is 257 g/mol. The molecule has 2 rings (SSSR count). The molecule has 0 N–H and O–H groups in total. The molecule has 0 fully saturated rings. The van der Waals surface area contributed by atoms with E-state index in [1.54, 1.807) is 12.1 Å². The standard InChI is InChI=1S/C10H6BrF2N/c11-7-5-9(10(12)13)14-8-4-2-1-3-6(7)8/h1-5,10H. The van der Waals surface area contributed by atoms with Gasteiger partial charge in [0.1, 0.15) is 5.69 Å². The van der Waals surface area contributed by atoms with Gasteiger partial charge in [0.15, 0.2) is 0 Å². The third-order valence-corrected chi connectivity index (χ3v) is 2.57. The largest absolute Gasteiger partial charge is 0.280 e. The van der Waals surface area contributed by atoms with Crippen LogP contribution in [0, 0.1) is 0 Å². The minimum absolute atomic E-state index is 0.199. The fraction of sp³-hybridized carbons (Fsp3) is 0.100. The predicted octanol–water partition coefficient (Wildman–Crippen LogP) is 3.93. The molecule has 4 heteroatoms. The molecule has 0 saturated carbocycles. The van der Waals surface area contributed by atoms with Gasteiger partial charge in [0, 0.05) is 9.86 Å². The number of hydrogen-bond donors (Lipinski definition) is 0. The van der Waals surface area contributed by atoms with Crippen LogP contribution in [0.2, 0.25) is 0 Å². The molecule has 1 aromatic carbocycles. The second-order valence-electron chi connectivity index (χ2n) is 2.85. The number of fused-ring (bicyclic) bond motifs is 1. The first-order valence-electron chi connectivity index (χ1n) is 4.02. The number of hydrogen-bond acceptors (Lipinski definition) is 1. The number of aromatic nitrogens is 1. The molecule has 0 aliphatic rings. The lowest BCUT2D eigenvalue weighted by Crippen LogP contribution is -1.91. The van der Waals surface area contributed by atoms with Crippen molar-refractivity contribution in [2.24, 2.45) is 0 Å². The predicted molar refractivity (Wildman–Crippen MR) is 54.4 cm³/mol. The quantitative estimate of drug-likeness (QED) is 0.755. The first-order chi connectivity index (χ1) is 6.68. The Morgan fingerprint density at radius 1 is 1.21 bits per heavy atom. The SMILES string of the molecule is FC(F)c1cc(Br)c2ccccc2n1. The molecule has 1 heterocycles. The number of halogens is 3. The summed E-state index contributed by atoms with van der Waals surface area (Å²) < 4.78 is 25.4. The van der Waals surface area contributed by atoms with E-state index in [4.69, 9.17) is 0 Å². The number of rotatable bonds is 1. The smallest absolute Gasteiger partial charge is 0.247 e. The van der Waals surface area contributed by atoms with Crippen molar-refractivity contribution in [2.45, 2.75) is 6.43 Å². The zero-order valence-corrected chi connectivity index (χ0v) is 8.63. The van der Waals surface area contributed by atoms with E-state index < -0.39 is 6.43 Å². The van der Waals surface area contributed by atoms with Crippen LogP contribution in [-0.2, 0) is 0 Å². The van der Waals surface area contributed by atoms with E-state index in [9.17, 15) is 8.78 Å². The van der Waals surface area contributed by atoms with E-state index in [1.165, 1.54) is 6.07 Å². The number of alkyl halides is 2. The van der Waals surface area contributed by atoms with Gasteiger partial charge in [-0.1, -0.05) is 34.1 Å². The highest BCUT2D eigenvalue weighted by Gasteiger charge is 2.11. The van der Waals surface area contributed by atoms with Gasteiger partial charge in [-0.2, -0.15) is 0 Å². The van der Waals surface area contributed by atoms with Crippen molar-refractivity contribution in [1.29, 1.82) is 0 Å². The molecule has 0 spiro atoms. The zero-order valence-electron chi connectivity index (χ0n) is 7.05. The van der Waals surface area contributed by atoms with Crippen molar-refractivity contribution in [2.75, 3.05) is 0 Å². The van der Waals surface area contributed by atoms with Crippen LogP contribution in [0.5, 0.6) is 0 Å². The Balaban J connectivity index is 2.72. The molecular weight excluding hydrogens is 252 g/mol. The minimum atomic E-state index is -2.53. The number of para-hydroxylation sites is 1. The Morgan fingerprint density at radius 2 is 1.93 bits per heavy atom. The molecule has 1 aromatic heterocycles. The Hall–Kier alpha value is -1.03. The second-order valence-corrected chi connectivity index (χ2v) is 3.70. The van der Waals surface area contributed by atoms with Gasteiger partial charge in [0.25, 0.3) is 6.43 Å². The maximum atomic E-state index is 12.4. The normalized spacial score (nSPS) is 11.1. The van der Waals surface area contributed by atoms with Crippen LogP contribution >= 0.6 is 15.9 Å². The number of nitrogens with zero attached hydrogens (tertiary/aromatic N) is 1. The average Bonchev–Trinajstić information content (AvgIpc) is 2.17. The van der Waals surface area contributed by atoms with E-state index in [1.807, 2.05) is 12.1 Å². The molecule has 1 nitrogen and oxygen atoms in total. The molecule has 0 unspecified atom stereocenters. The van der Waals surface area contributed by atoms with Crippen LogP contribution in [0.3, 0.4) is 0 Å². The van der Waals surface area contributed by atoms with Crippen molar-refractivity contribution in [1.82, 2.24) is 4.98 Å². The Morgan fingerprint density at radius 3 is 2.64 bits per heavy atom. The topological polar surface area (TPSA) is 12.9 Å². The summed E-state index contributed by atoms with van der Waals surface area (Å²) in [4.78, 5) is 3.86. The van der Waals surface area contributed by atoms with Crippen molar-refractivity contribution < 1.29 is 8.78 Å². The molecule has 0 bridgehead atoms. The van der Waals surface area contributed by atoms with Crippen molar-refractivity contribution in [3.63, 3.8) is 0 Å². The van der Waals surface area contributed by atoms with E-state index in [0.717, 1.165) is 5.39 Å². The van der Waals surface area contributed by atoms with Gasteiger partial charge < -0.3 is 0 Å². The average molecular weight is 258 g/mol. The first kappa shape index (κ1) is 9.52. The fourth-order valence-electron chi connectivity index (χ4n) is 1.26. The molecule has 72 valence electrons. The van der Waals surface area contributed by atoms with Crippen LogP contribution in [0.1, 0.15) is 12.1 Å². The minimum Gasteiger partial charge on any atom is -0.247 e. The lowest BCUT2D eigenvalue weighted by molar-refractivity contribution is 0.146. The highest BCUT2D eigenvalue weighted by molar-refractivity contribution is 9.10. The summed E-state index contributed by atoms with van der Waals surface area (Å²) in [5.41, 5.74) is 0.382. The van der Waals surface area contributed by atoms with Gasteiger partial charge in [0.2, 0.25) is 0 Å². The molecule has 2 aromatic rings. The maximum absolute atomic E-state index is 12.4. The zero-order chi connectivity index (χ0) is 10.1. The lowest BCUT2D eigenvalue weighted by Gasteiger charge is -2.03. The Labute approximate surface area is 87.9 Å². The maximum Gasteiger partial charge on any atom is 0.280 e. The Kier molecular flexibility index (Phi) is 2.46. The summed E-state index contributed by atoms with van der Waals surface area (Å²) >= 11 is 3.24. The molecule has 0 aliphatic carbocycles. The molecular formula is C10H6BrF2N. The summed E-state index contributed by atoms with van der Waals surface area (Å²) in [6.07, 6.45) is -2.53. The summed E-state index contributed by atoms with van der Waals surface area (Å²) in [6.45, 7) is 0.